The molecule has 0 aliphatic carbocycles. The Balaban J connectivity index is 1.98. The largest absolute Gasteiger partial charge is 0.392 e. The number of β-amino-alcohol motifs (C(OH)–C–C–N with tert-alkyl or cyclic N) is 1. The zero-order valence-electron chi connectivity index (χ0n) is 12.8. The Morgan fingerprint density at radius 3 is 2.95 bits per heavy atom. The Kier molecular flexibility index (Phi) is 4.23. The molecule has 1 aliphatic heterocycles. The molecule has 0 amide bonds. The molecule has 8 nitrogen and oxygen atoms in total. The van der Waals surface area contributed by atoms with Crippen LogP contribution in [-0.4, -0.2) is 68.2 Å². The molecule has 0 bridgehead atoms. The highest BCUT2D eigenvalue weighted by Crippen LogP contribution is 2.29. The Labute approximate surface area is 128 Å². The van der Waals surface area contributed by atoms with Gasteiger partial charge in [0.1, 0.15) is 6.33 Å². The van der Waals surface area contributed by atoms with Crippen molar-refractivity contribution in [2.45, 2.75) is 38.1 Å². The lowest BCUT2D eigenvalue weighted by Gasteiger charge is -2.24. The topological polar surface area (TPSA) is 96.5 Å². The third-order valence-electron chi connectivity index (χ3n) is 3.87. The predicted octanol–water partition coefficient (Wildman–Crippen LogP) is -0.207. The molecule has 8 heteroatoms. The average molecular weight is 307 g/mol. The lowest BCUT2D eigenvalue weighted by atomic mass is 10.2. The van der Waals surface area contributed by atoms with Gasteiger partial charge in [0.25, 0.3) is 0 Å². The third-order valence-corrected chi connectivity index (χ3v) is 3.87. The molecule has 1 aliphatic rings. The number of methoxy groups -OCH3 is 1. The van der Waals surface area contributed by atoms with Crippen molar-refractivity contribution in [1.82, 2.24) is 19.5 Å². The zero-order chi connectivity index (χ0) is 15.7. The predicted molar refractivity (Wildman–Crippen MR) is 80.6 cm³/mol. The lowest BCUT2D eigenvalue weighted by Crippen LogP contribution is -2.34. The minimum atomic E-state index is -0.481. The third kappa shape index (κ3) is 2.77. The first-order chi connectivity index (χ1) is 10.6. The second-order valence-electron chi connectivity index (χ2n) is 5.77. The van der Waals surface area contributed by atoms with Crippen molar-refractivity contribution in [2.75, 3.05) is 25.2 Å². The molecule has 1 fully saturated rings. The number of aliphatic hydroxyl groups is 2. The molecule has 0 radical (unpaired) electrons. The van der Waals surface area contributed by atoms with E-state index in [9.17, 15) is 10.2 Å². The Bertz CT molecular complexity index is 644. The van der Waals surface area contributed by atoms with E-state index >= 15 is 0 Å². The van der Waals surface area contributed by atoms with Crippen LogP contribution in [0.1, 0.15) is 13.3 Å². The van der Waals surface area contributed by atoms with E-state index in [0.29, 0.717) is 43.1 Å². The van der Waals surface area contributed by atoms with E-state index < -0.39 is 12.2 Å². The van der Waals surface area contributed by atoms with Crippen molar-refractivity contribution in [2.24, 2.45) is 0 Å². The van der Waals surface area contributed by atoms with Crippen molar-refractivity contribution in [3.05, 3.63) is 12.7 Å². The number of nitrogens with zero attached hydrogens (tertiary/aromatic N) is 5. The number of anilines is 1. The van der Waals surface area contributed by atoms with Crippen LogP contribution in [0.15, 0.2) is 12.7 Å². The SMILES string of the molecule is COC[C@H]1C[C@@H](O)CN1c1ncnc2c1ncn2C[C@H](C)O. The molecule has 22 heavy (non-hydrogen) atoms. The molecule has 2 aromatic heterocycles. The summed E-state index contributed by atoms with van der Waals surface area (Å²) in [5, 5.41) is 19.5. The quantitative estimate of drug-likeness (QED) is 0.789. The maximum Gasteiger partial charge on any atom is 0.165 e. The molecule has 0 aromatic carbocycles. The van der Waals surface area contributed by atoms with Crippen LogP contribution in [0.25, 0.3) is 11.2 Å². The fourth-order valence-electron chi connectivity index (χ4n) is 3.00. The first-order valence-corrected chi connectivity index (χ1v) is 7.37. The number of ether oxygens (including phenoxy) is 1. The molecule has 0 spiro atoms. The molecular formula is C14H21N5O3. The zero-order valence-corrected chi connectivity index (χ0v) is 12.8. The lowest BCUT2D eigenvalue weighted by molar-refractivity contribution is 0.159. The maximum atomic E-state index is 9.95. The van der Waals surface area contributed by atoms with E-state index in [1.165, 1.54) is 6.33 Å². The molecule has 2 N–H and O–H groups in total. The van der Waals surface area contributed by atoms with Crippen LogP contribution in [-0.2, 0) is 11.3 Å². The van der Waals surface area contributed by atoms with Gasteiger partial charge in [-0.3, -0.25) is 0 Å². The van der Waals surface area contributed by atoms with Crippen LogP contribution in [0.2, 0.25) is 0 Å². The van der Waals surface area contributed by atoms with E-state index in [2.05, 4.69) is 15.0 Å². The van der Waals surface area contributed by atoms with Crippen LogP contribution in [0.5, 0.6) is 0 Å². The molecule has 2 aromatic rings. The molecule has 3 rings (SSSR count). The van der Waals surface area contributed by atoms with Gasteiger partial charge >= 0.3 is 0 Å². The second kappa shape index (κ2) is 6.15. The average Bonchev–Trinajstić information content (AvgIpc) is 3.03. The monoisotopic (exact) mass is 307 g/mol. The Hall–Kier alpha value is -1.77. The van der Waals surface area contributed by atoms with E-state index in [1.807, 2.05) is 9.47 Å². The number of hydrogen-bond acceptors (Lipinski definition) is 7. The van der Waals surface area contributed by atoms with Crippen molar-refractivity contribution in [1.29, 1.82) is 0 Å². The Morgan fingerprint density at radius 1 is 1.41 bits per heavy atom. The second-order valence-corrected chi connectivity index (χ2v) is 5.77. The summed E-state index contributed by atoms with van der Waals surface area (Å²) in [6, 6.07) is 0.0695. The van der Waals surface area contributed by atoms with Crippen LogP contribution < -0.4 is 4.90 Å². The highest BCUT2D eigenvalue weighted by Gasteiger charge is 2.33. The molecule has 120 valence electrons. The van der Waals surface area contributed by atoms with Gasteiger partial charge in [0, 0.05) is 13.7 Å². The van der Waals surface area contributed by atoms with Gasteiger partial charge in [-0.2, -0.15) is 0 Å². The van der Waals surface area contributed by atoms with E-state index in [4.69, 9.17) is 4.74 Å². The highest BCUT2D eigenvalue weighted by atomic mass is 16.5. The van der Waals surface area contributed by atoms with E-state index in [1.54, 1.807) is 20.4 Å². The van der Waals surface area contributed by atoms with Crippen LogP contribution in [0, 0.1) is 0 Å². The molecule has 1 saturated heterocycles. The van der Waals surface area contributed by atoms with Crippen molar-refractivity contribution in [3.63, 3.8) is 0 Å². The van der Waals surface area contributed by atoms with Gasteiger partial charge in [-0.1, -0.05) is 0 Å². The highest BCUT2D eigenvalue weighted by molar-refractivity contribution is 5.83. The van der Waals surface area contributed by atoms with E-state index in [-0.39, 0.29) is 6.04 Å². The number of fused-ring (bicyclic) bond motifs is 1. The first-order valence-electron chi connectivity index (χ1n) is 7.37. The van der Waals surface area contributed by atoms with Crippen LogP contribution in [0.4, 0.5) is 5.82 Å². The van der Waals surface area contributed by atoms with Gasteiger partial charge in [-0.15, -0.1) is 0 Å². The maximum absolute atomic E-state index is 9.95. The summed E-state index contributed by atoms with van der Waals surface area (Å²) in [5.74, 6) is 0.702. The van der Waals surface area contributed by atoms with E-state index in [0.717, 1.165) is 0 Å². The molecular weight excluding hydrogens is 286 g/mol. The molecule has 0 saturated carbocycles. The summed E-state index contributed by atoms with van der Waals surface area (Å²) in [4.78, 5) is 15.1. The summed E-state index contributed by atoms with van der Waals surface area (Å²) >= 11 is 0. The summed E-state index contributed by atoms with van der Waals surface area (Å²) in [5.41, 5.74) is 1.36. The fourth-order valence-corrected chi connectivity index (χ4v) is 3.00. The molecule has 3 atom stereocenters. The number of imidazole rings is 1. The number of hydrogen-bond donors (Lipinski definition) is 2. The smallest absolute Gasteiger partial charge is 0.165 e. The summed E-state index contributed by atoms with van der Waals surface area (Å²) < 4.78 is 7.05. The Morgan fingerprint density at radius 2 is 2.23 bits per heavy atom. The van der Waals surface area contributed by atoms with Crippen molar-refractivity contribution in [3.8, 4) is 0 Å². The van der Waals surface area contributed by atoms with Crippen LogP contribution >= 0.6 is 0 Å². The minimum Gasteiger partial charge on any atom is -0.392 e. The fraction of sp³-hybridized carbons (Fsp3) is 0.643. The van der Waals surface area contributed by atoms with Gasteiger partial charge < -0.3 is 24.4 Å². The molecule has 0 unspecified atom stereocenters. The van der Waals surface area contributed by atoms with Crippen molar-refractivity contribution >= 4 is 17.0 Å². The summed E-state index contributed by atoms with van der Waals surface area (Å²) in [6.45, 7) is 3.18. The molecule has 3 heterocycles. The van der Waals surface area contributed by atoms with Gasteiger partial charge in [0.05, 0.1) is 37.7 Å². The van der Waals surface area contributed by atoms with Crippen molar-refractivity contribution < 1.29 is 14.9 Å². The summed E-state index contributed by atoms with van der Waals surface area (Å²) in [7, 11) is 1.65. The van der Waals surface area contributed by atoms with Gasteiger partial charge in [0.15, 0.2) is 17.0 Å². The summed E-state index contributed by atoms with van der Waals surface area (Å²) in [6.07, 6.45) is 2.92. The number of aromatic nitrogens is 4. The normalized spacial score (nSPS) is 23.4. The number of aliphatic hydroxyl groups excluding tert-OH is 2. The minimum absolute atomic E-state index is 0.0695. The van der Waals surface area contributed by atoms with Gasteiger partial charge in [-0.25, -0.2) is 15.0 Å². The van der Waals surface area contributed by atoms with Gasteiger partial charge in [-0.05, 0) is 13.3 Å². The number of rotatable bonds is 5. The first kappa shape index (κ1) is 15.1. The standard InChI is InChI=1S/C14H21N5O3/c1-9(20)4-18-8-17-12-13(18)15-7-16-14(12)19-5-11(21)3-10(19)6-22-2/h7-11,20-21H,3-6H2,1-2H3/t9-,10+,11+/m0/s1. The van der Waals surface area contributed by atoms with Crippen LogP contribution in [0.3, 0.4) is 0 Å². The van der Waals surface area contributed by atoms with Gasteiger partial charge in [0.2, 0.25) is 0 Å².